The average Bonchev–Trinajstić information content (AvgIpc) is 2.93. The molecule has 2 rings (SSSR count). The Morgan fingerprint density at radius 2 is 2.25 bits per heavy atom. The van der Waals surface area contributed by atoms with Gasteiger partial charge >= 0.3 is 0 Å². The summed E-state index contributed by atoms with van der Waals surface area (Å²) in [6, 6.07) is 3.82. The third-order valence-corrected chi connectivity index (χ3v) is 3.55. The SMILES string of the molecule is Cc1cc(C)n(C[C@H](C)CNC(=O)c2cc(Br)c[nH]2)n1. The van der Waals surface area contributed by atoms with Crippen LogP contribution in [0.2, 0.25) is 0 Å². The van der Waals surface area contributed by atoms with Gasteiger partial charge in [0.1, 0.15) is 5.69 Å². The van der Waals surface area contributed by atoms with Crippen molar-refractivity contribution in [2.75, 3.05) is 6.54 Å². The number of H-pyrrole nitrogens is 1. The number of rotatable bonds is 5. The van der Waals surface area contributed by atoms with E-state index in [1.54, 1.807) is 12.3 Å². The van der Waals surface area contributed by atoms with Crippen molar-refractivity contribution >= 4 is 21.8 Å². The number of hydrogen-bond donors (Lipinski definition) is 2. The van der Waals surface area contributed by atoms with Gasteiger partial charge in [-0.15, -0.1) is 0 Å². The Morgan fingerprint density at radius 3 is 2.80 bits per heavy atom. The first-order valence-corrected chi connectivity index (χ1v) is 7.38. The van der Waals surface area contributed by atoms with Crippen molar-refractivity contribution < 1.29 is 4.79 Å². The van der Waals surface area contributed by atoms with Gasteiger partial charge in [-0.25, -0.2) is 0 Å². The van der Waals surface area contributed by atoms with Crippen molar-refractivity contribution in [2.45, 2.75) is 27.3 Å². The zero-order chi connectivity index (χ0) is 14.7. The summed E-state index contributed by atoms with van der Waals surface area (Å²) in [7, 11) is 0. The first kappa shape index (κ1) is 14.8. The monoisotopic (exact) mass is 338 g/mol. The van der Waals surface area contributed by atoms with Crippen molar-refractivity contribution in [1.29, 1.82) is 0 Å². The fraction of sp³-hybridized carbons (Fsp3) is 0.429. The molecular weight excluding hydrogens is 320 g/mol. The normalized spacial score (nSPS) is 12.4. The molecule has 0 bridgehead atoms. The van der Waals surface area contributed by atoms with Gasteiger partial charge in [-0.05, 0) is 47.8 Å². The number of aryl methyl sites for hydroxylation is 2. The summed E-state index contributed by atoms with van der Waals surface area (Å²) in [5.41, 5.74) is 2.74. The van der Waals surface area contributed by atoms with Gasteiger partial charge in [-0.2, -0.15) is 5.10 Å². The molecule has 0 aliphatic carbocycles. The van der Waals surface area contributed by atoms with E-state index in [4.69, 9.17) is 0 Å². The molecule has 20 heavy (non-hydrogen) atoms. The average molecular weight is 339 g/mol. The van der Waals surface area contributed by atoms with Gasteiger partial charge in [0.15, 0.2) is 0 Å². The molecule has 0 saturated heterocycles. The lowest BCUT2D eigenvalue weighted by Crippen LogP contribution is -2.30. The predicted molar refractivity (Wildman–Crippen MR) is 81.7 cm³/mol. The third kappa shape index (κ3) is 3.72. The van der Waals surface area contributed by atoms with Crippen LogP contribution in [0, 0.1) is 19.8 Å². The van der Waals surface area contributed by atoms with Crippen LogP contribution in [0.3, 0.4) is 0 Å². The molecule has 2 N–H and O–H groups in total. The van der Waals surface area contributed by atoms with Crippen molar-refractivity contribution in [1.82, 2.24) is 20.1 Å². The number of nitrogens with one attached hydrogen (secondary N) is 2. The van der Waals surface area contributed by atoms with Gasteiger partial charge in [-0.1, -0.05) is 6.92 Å². The molecule has 5 nitrogen and oxygen atoms in total. The lowest BCUT2D eigenvalue weighted by atomic mass is 10.2. The molecule has 0 fully saturated rings. The minimum absolute atomic E-state index is 0.0871. The molecule has 108 valence electrons. The fourth-order valence-corrected chi connectivity index (χ4v) is 2.42. The van der Waals surface area contributed by atoms with Crippen molar-refractivity contribution in [3.8, 4) is 0 Å². The number of halogens is 1. The second kappa shape index (κ2) is 6.26. The second-order valence-corrected chi connectivity index (χ2v) is 6.07. The Kier molecular flexibility index (Phi) is 4.65. The molecule has 0 aromatic carbocycles. The number of amides is 1. The summed E-state index contributed by atoms with van der Waals surface area (Å²) in [5, 5.41) is 7.36. The van der Waals surface area contributed by atoms with Gasteiger partial charge in [0.05, 0.1) is 5.69 Å². The minimum Gasteiger partial charge on any atom is -0.356 e. The first-order valence-electron chi connectivity index (χ1n) is 6.59. The number of nitrogens with zero attached hydrogens (tertiary/aromatic N) is 2. The largest absolute Gasteiger partial charge is 0.356 e. The predicted octanol–water partition coefficient (Wildman–Crippen LogP) is 2.66. The highest BCUT2D eigenvalue weighted by atomic mass is 79.9. The van der Waals surface area contributed by atoms with Crippen LogP contribution in [0.1, 0.15) is 28.8 Å². The molecule has 1 atom stereocenters. The van der Waals surface area contributed by atoms with Crippen LogP contribution >= 0.6 is 15.9 Å². The van der Waals surface area contributed by atoms with Crippen molar-refractivity contribution in [3.05, 3.63) is 39.9 Å². The molecule has 0 saturated carbocycles. The van der Waals surface area contributed by atoms with Crippen molar-refractivity contribution in [2.24, 2.45) is 5.92 Å². The Morgan fingerprint density at radius 1 is 1.50 bits per heavy atom. The summed E-state index contributed by atoms with van der Waals surface area (Å²) in [6.45, 7) is 7.55. The molecule has 2 aromatic heterocycles. The minimum atomic E-state index is -0.0871. The maximum atomic E-state index is 11.9. The summed E-state index contributed by atoms with van der Waals surface area (Å²) in [5.74, 6) is 0.228. The smallest absolute Gasteiger partial charge is 0.267 e. The van der Waals surface area contributed by atoms with E-state index in [0.29, 0.717) is 18.2 Å². The molecule has 0 radical (unpaired) electrons. The third-order valence-electron chi connectivity index (χ3n) is 3.09. The second-order valence-electron chi connectivity index (χ2n) is 5.16. The number of carbonyl (C=O) groups is 1. The van der Waals surface area contributed by atoms with Crippen LogP contribution < -0.4 is 5.32 Å². The van der Waals surface area contributed by atoms with Crippen LogP contribution in [0.15, 0.2) is 22.8 Å². The molecule has 2 heterocycles. The van der Waals surface area contributed by atoms with Gasteiger partial charge < -0.3 is 10.3 Å². The van der Waals surface area contributed by atoms with Crippen LogP contribution in [-0.4, -0.2) is 27.2 Å². The Balaban J connectivity index is 1.84. The summed E-state index contributed by atoms with van der Waals surface area (Å²) in [6.07, 6.45) is 1.74. The zero-order valence-corrected chi connectivity index (χ0v) is 13.5. The van der Waals surface area contributed by atoms with E-state index in [-0.39, 0.29) is 5.91 Å². The highest BCUT2D eigenvalue weighted by molar-refractivity contribution is 9.10. The Bertz CT molecular complexity index is 602. The molecule has 0 aliphatic rings. The zero-order valence-electron chi connectivity index (χ0n) is 11.9. The first-order chi connectivity index (χ1) is 9.45. The van der Waals surface area contributed by atoms with Crippen LogP contribution in [0.25, 0.3) is 0 Å². The lowest BCUT2D eigenvalue weighted by Gasteiger charge is -2.13. The summed E-state index contributed by atoms with van der Waals surface area (Å²) in [4.78, 5) is 14.8. The lowest BCUT2D eigenvalue weighted by molar-refractivity contribution is 0.0942. The molecular formula is C14H19BrN4O. The van der Waals surface area contributed by atoms with Crippen molar-refractivity contribution in [3.63, 3.8) is 0 Å². The fourth-order valence-electron chi connectivity index (χ4n) is 2.08. The van der Waals surface area contributed by atoms with E-state index in [2.05, 4.69) is 44.3 Å². The van der Waals surface area contributed by atoms with E-state index in [1.807, 2.05) is 18.5 Å². The van der Waals surface area contributed by atoms with Crippen LogP contribution in [0.4, 0.5) is 0 Å². The molecule has 0 unspecified atom stereocenters. The number of aromatic amines is 1. The maximum absolute atomic E-state index is 11.9. The number of carbonyl (C=O) groups excluding carboxylic acids is 1. The summed E-state index contributed by atoms with van der Waals surface area (Å²) >= 11 is 3.31. The maximum Gasteiger partial charge on any atom is 0.267 e. The molecule has 6 heteroatoms. The number of aromatic nitrogens is 3. The molecule has 2 aromatic rings. The van der Waals surface area contributed by atoms with Gasteiger partial charge in [0.25, 0.3) is 5.91 Å². The van der Waals surface area contributed by atoms with Crippen LogP contribution in [0.5, 0.6) is 0 Å². The van der Waals surface area contributed by atoms with Gasteiger partial charge in [0.2, 0.25) is 0 Å². The Labute approximate surface area is 126 Å². The van der Waals surface area contributed by atoms with Gasteiger partial charge in [0, 0.05) is 29.5 Å². The topological polar surface area (TPSA) is 62.7 Å². The quantitative estimate of drug-likeness (QED) is 0.880. The highest BCUT2D eigenvalue weighted by Crippen LogP contribution is 2.10. The highest BCUT2D eigenvalue weighted by Gasteiger charge is 2.11. The van der Waals surface area contributed by atoms with E-state index >= 15 is 0 Å². The van der Waals surface area contributed by atoms with Gasteiger partial charge in [-0.3, -0.25) is 9.48 Å². The molecule has 1 amide bonds. The van der Waals surface area contributed by atoms with E-state index in [1.165, 1.54) is 0 Å². The van der Waals surface area contributed by atoms with E-state index < -0.39 is 0 Å². The van der Waals surface area contributed by atoms with E-state index in [0.717, 1.165) is 22.4 Å². The molecule has 0 spiro atoms. The van der Waals surface area contributed by atoms with E-state index in [9.17, 15) is 4.79 Å². The van der Waals surface area contributed by atoms with Crippen LogP contribution in [-0.2, 0) is 6.54 Å². The number of hydrogen-bond acceptors (Lipinski definition) is 2. The standard InChI is InChI=1S/C14H19BrN4O/c1-9(8-19-11(3)4-10(2)18-19)6-17-14(20)13-5-12(15)7-16-13/h4-5,7,9,16H,6,8H2,1-3H3,(H,17,20)/t9-/m1/s1. The summed E-state index contributed by atoms with van der Waals surface area (Å²) < 4.78 is 2.86. The molecule has 0 aliphatic heterocycles. The Hall–Kier alpha value is -1.56.